The van der Waals surface area contributed by atoms with Crippen LogP contribution in [0.3, 0.4) is 0 Å². The van der Waals surface area contributed by atoms with E-state index in [-0.39, 0.29) is 5.63 Å². The number of fused-ring (bicyclic) bond motifs is 1. The molecule has 0 unspecified atom stereocenters. The third-order valence-electron chi connectivity index (χ3n) is 4.65. The maximum absolute atomic E-state index is 11.9. The summed E-state index contributed by atoms with van der Waals surface area (Å²) in [6, 6.07) is 10.00. The molecule has 24 heavy (non-hydrogen) atoms. The third kappa shape index (κ3) is 2.94. The van der Waals surface area contributed by atoms with Gasteiger partial charge in [0.15, 0.2) is 0 Å². The quantitative estimate of drug-likeness (QED) is 0.643. The van der Waals surface area contributed by atoms with Gasteiger partial charge in [-0.15, -0.1) is 0 Å². The van der Waals surface area contributed by atoms with Crippen LogP contribution in [0, 0.1) is 34.6 Å². The molecule has 0 N–H and O–H groups in total. The van der Waals surface area contributed by atoms with Gasteiger partial charge < -0.3 is 9.15 Å². The van der Waals surface area contributed by atoms with E-state index in [0.29, 0.717) is 23.5 Å². The number of hydrogen-bond donors (Lipinski definition) is 0. The Balaban J connectivity index is 1.92. The van der Waals surface area contributed by atoms with E-state index < -0.39 is 0 Å². The maximum atomic E-state index is 11.9. The van der Waals surface area contributed by atoms with E-state index in [2.05, 4.69) is 32.9 Å². The minimum absolute atomic E-state index is 0.289. The molecule has 124 valence electrons. The lowest BCUT2D eigenvalue weighted by atomic mass is 10.0. The van der Waals surface area contributed by atoms with Crippen LogP contribution in [0.1, 0.15) is 33.4 Å². The second-order valence-electron chi connectivity index (χ2n) is 6.46. The highest BCUT2D eigenvalue weighted by atomic mass is 16.5. The Morgan fingerprint density at radius 2 is 1.58 bits per heavy atom. The van der Waals surface area contributed by atoms with Gasteiger partial charge >= 0.3 is 5.63 Å². The molecule has 3 rings (SSSR count). The van der Waals surface area contributed by atoms with Crippen LogP contribution in [0.25, 0.3) is 11.0 Å². The molecule has 3 nitrogen and oxygen atoms in total. The van der Waals surface area contributed by atoms with Gasteiger partial charge in [0.2, 0.25) is 0 Å². The van der Waals surface area contributed by atoms with E-state index in [1.54, 1.807) is 13.0 Å². The molecule has 0 spiro atoms. The molecule has 2 aromatic carbocycles. The molecule has 0 amide bonds. The molecule has 0 aliphatic heterocycles. The van der Waals surface area contributed by atoms with Crippen LogP contribution < -0.4 is 10.4 Å². The van der Waals surface area contributed by atoms with Gasteiger partial charge in [-0.05, 0) is 69.0 Å². The Hall–Kier alpha value is -2.55. The van der Waals surface area contributed by atoms with Gasteiger partial charge in [-0.2, -0.15) is 0 Å². The molecule has 0 aliphatic rings. The van der Waals surface area contributed by atoms with Gasteiger partial charge in [0.1, 0.15) is 17.9 Å². The predicted octanol–water partition coefficient (Wildman–Crippen LogP) is 4.91. The van der Waals surface area contributed by atoms with Gasteiger partial charge in [0.25, 0.3) is 0 Å². The van der Waals surface area contributed by atoms with Crippen molar-refractivity contribution in [1.29, 1.82) is 0 Å². The topological polar surface area (TPSA) is 39.4 Å². The van der Waals surface area contributed by atoms with E-state index in [1.807, 2.05) is 19.1 Å². The highest BCUT2D eigenvalue weighted by molar-refractivity contribution is 5.82. The van der Waals surface area contributed by atoms with Gasteiger partial charge in [0.05, 0.1) is 0 Å². The van der Waals surface area contributed by atoms with Crippen molar-refractivity contribution in [2.45, 2.75) is 41.2 Å². The normalized spacial score (nSPS) is 11.0. The SMILES string of the molecule is Cc1cc(C)c(COc2ccc3c(C)c(C)c(=O)oc3c2)c(C)c1. The first-order chi connectivity index (χ1) is 11.4. The molecule has 1 heterocycles. The van der Waals surface area contributed by atoms with E-state index >= 15 is 0 Å². The molecule has 0 saturated heterocycles. The molecule has 0 bridgehead atoms. The van der Waals surface area contributed by atoms with Gasteiger partial charge in [-0.25, -0.2) is 4.79 Å². The fourth-order valence-electron chi connectivity index (χ4n) is 3.11. The zero-order valence-electron chi connectivity index (χ0n) is 14.8. The summed E-state index contributed by atoms with van der Waals surface area (Å²) in [5.41, 5.74) is 6.80. The van der Waals surface area contributed by atoms with Gasteiger partial charge in [0, 0.05) is 17.0 Å². The molecule has 3 heteroatoms. The highest BCUT2D eigenvalue weighted by Crippen LogP contribution is 2.25. The Morgan fingerprint density at radius 1 is 0.917 bits per heavy atom. The van der Waals surface area contributed by atoms with Gasteiger partial charge in [-0.3, -0.25) is 0 Å². The fourth-order valence-corrected chi connectivity index (χ4v) is 3.11. The Bertz CT molecular complexity index is 957. The fraction of sp³-hybridized carbons (Fsp3) is 0.286. The van der Waals surface area contributed by atoms with Crippen LogP contribution >= 0.6 is 0 Å². The summed E-state index contributed by atoms with van der Waals surface area (Å²) < 4.78 is 11.3. The van der Waals surface area contributed by atoms with Crippen molar-refractivity contribution in [1.82, 2.24) is 0 Å². The van der Waals surface area contributed by atoms with E-state index in [4.69, 9.17) is 9.15 Å². The monoisotopic (exact) mass is 322 g/mol. The van der Waals surface area contributed by atoms with Crippen molar-refractivity contribution in [3.8, 4) is 5.75 Å². The highest BCUT2D eigenvalue weighted by Gasteiger charge is 2.09. The first kappa shape index (κ1) is 16.3. The molecule has 1 aromatic heterocycles. The van der Waals surface area contributed by atoms with Crippen molar-refractivity contribution in [2.24, 2.45) is 0 Å². The second kappa shape index (κ2) is 6.16. The van der Waals surface area contributed by atoms with Crippen LogP contribution in [0.15, 0.2) is 39.5 Å². The average Bonchev–Trinajstić information content (AvgIpc) is 2.51. The summed E-state index contributed by atoms with van der Waals surface area (Å²) in [7, 11) is 0. The van der Waals surface area contributed by atoms with Crippen molar-refractivity contribution >= 4 is 11.0 Å². The number of hydrogen-bond acceptors (Lipinski definition) is 3. The largest absolute Gasteiger partial charge is 0.489 e. The summed E-state index contributed by atoms with van der Waals surface area (Å²) in [5.74, 6) is 0.702. The predicted molar refractivity (Wildman–Crippen MR) is 96.9 cm³/mol. The van der Waals surface area contributed by atoms with Crippen molar-refractivity contribution in [2.75, 3.05) is 0 Å². The summed E-state index contributed by atoms with van der Waals surface area (Å²) in [4.78, 5) is 11.9. The van der Waals surface area contributed by atoms with Crippen LogP contribution in [0.2, 0.25) is 0 Å². The number of rotatable bonds is 3. The zero-order valence-corrected chi connectivity index (χ0v) is 14.8. The van der Waals surface area contributed by atoms with Gasteiger partial charge in [-0.1, -0.05) is 17.7 Å². The van der Waals surface area contributed by atoms with Crippen molar-refractivity contribution < 1.29 is 9.15 Å². The molecular weight excluding hydrogens is 300 g/mol. The maximum Gasteiger partial charge on any atom is 0.339 e. The van der Waals surface area contributed by atoms with Crippen LogP contribution in [0.5, 0.6) is 5.75 Å². The molecule has 0 atom stereocenters. The Labute approximate surface area is 141 Å². The lowest BCUT2D eigenvalue weighted by Gasteiger charge is -2.13. The third-order valence-corrected chi connectivity index (χ3v) is 4.65. The number of aryl methyl sites for hydroxylation is 4. The first-order valence-corrected chi connectivity index (χ1v) is 8.10. The second-order valence-corrected chi connectivity index (χ2v) is 6.46. The zero-order chi connectivity index (χ0) is 17.4. The van der Waals surface area contributed by atoms with E-state index in [9.17, 15) is 4.79 Å². The lowest BCUT2D eigenvalue weighted by Crippen LogP contribution is -2.06. The molecule has 0 aliphatic carbocycles. The van der Waals surface area contributed by atoms with Crippen LogP contribution in [0.4, 0.5) is 0 Å². The van der Waals surface area contributed by atoms with Crippen molar-refractivity contribution in [3.05, 3.63) is 74.1 Å². The van der Waals surface area contributed by atoms with E-state index in [0.717, 1.165) is 10.9 Å². The first-order valence-electron chi connectivity index (χ1n) is 8.10. The smallest absolute Gasteiger partial charge is 0.339 e. The lowest BCUT2D eigenvalue weighted by molar-refractivity contribution is 0.304. The summed E-state index contributed by atoms with van der Waals surface area (Å²) in [5, 5.41) is 0.946. The van der Waals surface area contributed by atoms with Crippen molar-refractivity contribution in [3.63, 3.8) is 0 Å². The molecule has 0 radical (unpaired) electrons. The Kier molecular flexibility index (Phi) is 4.18. The molecule has 0 saturated carbocycles. The Morgan fingerprint density at radius 3 is 2.25 bits per heavy atom. The van der Waals surface area contributed by atoms with Crippen LogP contribution in [-0.4, -0.2) is 0 Å². The van der Waals surface area contributed by atoms with Crippen LogP contribution in [-0.2, 0) is 6.61 Å². The number of benzene rings is 2. The minimum atomic E-state index is -0.289. The average molecular weight is 322 g/mol. The molecular formula is C21H22O3. The summed E-state index contributed by atoms with van der Waals surface area (Å²) >= 11 is 0. The van der Waals surface area contributed by atoms with E-state index in [1.165, 1.54) is 22.3 Å². The molecule has 0 fully saturated rings. The molecule has 3 aromatic rings. The summed E-state index contributed by atoms with van der Waals surface area (Å²) in [6.07, 6.45) is 0. The minimum Gasteiger partial charge on any atom is -0.489 e. The number of ether oxygens (including phenoxy) is 1. The summed E-state index contributed by atoms with van der Waals surface area (Å²) in [6.45, 7) is 10.5. The standard InChI is InChI=1S/C21H22O3/c1-12-8-13(2)19(14(3)9-12)11-23-17-6-7-18-15(4)16(5)21(22)24-20(18)10-17/h6-10H,11H2,1-5H3.